The maximum atomic E-state index is 13.9. The molecule has 11 nitrogen and oxygen atoms in total. The van der Waals surface area contributed by atoms with Gasteiger partial charge in [-0.1, -0.05) is 18.3 Å². The van der Waals surface area contributed by atoms with Crippen LogP contribution < -0.4 is 15.0 Å². The van der Waals surface area contributed by atoms with Crippen LogP contribution in [0.25, 0.3) is 11.3 Å². The van der Waals surface area contributed by atoms with Gasteiger partial charge in [0.2, 0.25) is 0 Å². The molecular weight excluding hydrogens is 623 g/mol. The number of piperazine rings is 1. The standard InChI is InChI=1S/C31H38F3N7O4S/c1-3-21-6-4-11-41(21)19-25-28(20-8-9-24(45-2)22(16-20)31(32,33)34)37-30(46-25)38-29(44)23-17-36-26(18-35-23)40-14-12-39(13-15-40)10-5-7-27(42)43/h8-9,16-18,21H,3-7,10-15,19H2,1-2H3,(H,42,43)(H,37,38,44). The van der Waals surface area contributed by atoms with Crippen LogP contribution in [0.5, 0.6) is 5.75 Å². The van der Waals surface area contributed by atoms with E-state index in [0.717, 1.165) is 56.4 Å². The maximum absolute atomic E-state index is 13.9. The number of hydrogen-bond acceptors (Lipinski definition) is 10. The summed E-state index contributed by atoms with van der Waals surface area (Å²) < 4.78 is 46.5. The summed E-state index contributed by atoms with van der Waals surface area (Å²) in [5.74, 6) is -0.950. The first kappa shape index (κ1) is 33.5. The summed E-state index contributed by atoms with van der Waals surface area (Å²) in [6, 6.07) is 4.27. The monoisotopic (exact) mass is 661 g/mol. The average molecular weight is 662 g/mol. The fourth-order valence-corrected chi connectivity index (χ4v) is 6.99. The van der Waals surface area contributed by atoms with Crippen LogP contribution in [0.4, 0.5) is 24.1 Å². The topological polar surface area (TPSA) is 124 Å². The molecule has 2 aliphatic rings. The number of hydrogen-bond donors (Lipinski definition) is 2. The van der Waals surface area contributed by atoms with Gasteiger partial charge in [0, 0.05) is 55.6 Å². The zero-order valence-electron chi connectivity index (χ0n) is 25.8. The van der Waals surface area contributed by atoms with Crippen molar-refractivity contribution in [1.29, 1.82) is 0 Å². The van der Waals surface area contributed by atoms with E-state index in [4.69, 9.17) is 9.84 Å². The third kappa shape index (κ3) is 8.12. The molecule has 0 aliphatic carbocycles. The summed E-state index contributed by atoms with van der Waals surface area (Å²) in [5.41, 5.74) is -0.125. The minimum atomic E-state index is -4.61. The molecule has 0 bridgehead atoms. The molecule has 1 atom stereocenters. The van der Waals surface area contributed by atoms with Gasteiger partial charge in [-0.05, 0) is 57.0 Å². The number of alkyl halides is 3. The van der Waals surface area contributed by atoms with Gasteiger partial charge >= 0.3 is 12.1 Å². The molecule has 248 valence electrons. The number of ether oxygens (including phenoxy) is 1. The summed E-state index contributed by atoms with van der Waals surface area (Å²) in [5, 5.41) is 11.9. The largest absolute Gasteiger partial charge is 0.496 e. The lowest BCUT2D eigenvalue weighted by Gasteiger charge is -2.35. The van der Waals surface area contributed by atoms with E-state index in [1.165, 1.54) is 30.7 Å². The number of carbonyl (C=O) groups excluding carboxylic acids is 1. The number of nitrogens with one attached hydrogen (secondary N) is 1. The number of thiazole rings is 1. The zero-order chi connectivity index (χ0) is 32.8. The van der Waals surface area contributed by atoms with Crippen LogP contribution in [0, 0.1) is 0 Å². The lowest BCUT2D eigenvalue weighted by molar-refractivity contribution is -0.139. The van der Waals surface area contributed by atoms with Crippen molar-refractivity contribution in [2.24, 2.45) is 0 Å². The van der Waals surface area contributed by atoms with E-state index in [1.54, 1.807) is 12.3 Å². The molecule has 0 spiro atoms. The third-order valence-corrected chi connectivity index (χ3v) is 9.40. The minimum absolute atomic E-state index is 0.0868. The first-order valence-corrected chi connectivity index (χ1v) is 16.2. The highest BCUT2D eigenvalue weighted by atomic mass is 32.1. The highest BCUT2D eigenvalue weighted by molar-refractivity contribution is 7.16. The van der Waals surface area contributed by atoms with Crippen LogP contribution in [0.3, 0.4) is 0 Å². The summed E-state index contributed by atoms with van der Waals surface area (Å²) in [7, 11) is 1.20. The first-order valence-electron chi connectivity index (χ1n) is 15.4. The maximum Gasteiger partial charge on any atom is 0.419 e. The Morgan fingerprint density at radius 2 is 1.91 bits per heavy atom. The molecule has 2 aromatic heterocycles. The van der Waals surface area contributed by atoms with Crippen LogP contribution in [0.1, 0.15) is 60.0 Å². The van der Waals surface area contributed by atoms with Crippen LogP contribution >= 0.6 is 11.3 Å². The van der Waals surface area contributed by atoms with Gasteiger partial charge < -0.3 is 14.7 Å². The molecule has 0 saturated carbocycles. The average Bonchev–Trinajstić information content (AvgIpc) is 3.67. The van der Waals surface area contributed by atoms with Crippen LogP contribution in [-0.4, -0.2) is 94.2 Å². The summed E-state index contributed by atoms with van der Waals surface area (Å²) in [4.78, 5) is 44.7. The van der Waals surface area contributed by atoms with E-state index in [9.17, 15) is 22.8 Å². The zero-order valence-corrected chi connectivity index (χ0v) is 26.7. The highest BCUT2D eigenvalue weighted by Gasteiger charge is 2.35. The number of nitrogens with zero attached hydrogens (tertiary/aromatic N) is 6. The van der Waals surface area contributed by atoms with Gasteiger partial charge in [0.15, 0.2) is 5.13 Å². The normalized spacial score (nSPS) is 17.8. The minimum Gasteiger partial charge on any atom is -0.496 e. The molecular formula is C31H38F3N7O4S. The Hall–Kier alpha value is -3.82. The Balaban J connectivity index is 1.30. The van der Waals surface area contributed by atoms with E-state index < -0.39 is 23.6 Å². The summed E-state index contributed by atoms with van der Waals surface area (Å²) >= 11 is 1.24. The number of benzene rings is 1. The molecule has 1 aromatic carbocycles. The van der Waals surface area contributed by atoms with E-state index >= 15 is 0 Å². The van der Waals surface area contributed by atoms with Crippen LogP contribution in [0.15, 0.2) is 30.6 Å². The second-order valence-electron chi connectivity index (χ2n) is 11.4. The summed E-state index contributed by atoms with van der Waals surface area (Å²) in [6.45, 7) is 7.19. The summed E-state index contributed by atoms with van der Waals surface area (Å²) in [6.07, 6.45) is 2.16. The first-order chi connectivity index (χ1) is 22.0. The van der Waals surface area contributed by atoms with Crippen molar-refractivity contribution < 1.29 is 32.6 Å². The van der Waals surface area contributed by atoms with Crippen molar-refractivity contribution in [3.8, 4) is 17.0 Å². The Bertz CT molecular complexity index is 1510. The van der Waals surface area contributed by atoms with E-state index in [-0.39, 0.29) is 23.0 Å². The molecule has 2 fully saturated rings. The number of methoxy groups -OCH3 is 1. The van der Waals surface area contributed by atoms with Gasteiger partial charge in [-0.3, -0.25) is 24.7 Å². The van der Waals surface area contributed by atoms with Gasteiger partial charge in [0.1, 0.15) is 17.3 Å². The molecule has 2 saturated heterocycles. The van der Waals surface area contributed by atoms with Crippen molar-refractivity contribution in [3.63, 3.8) is 0 Å². The predicted octanol–water partition coefficient (Wildman–Crippen LogP) is 5.24. The molecule has 1 unspecified atom stereocenters. The molecule has 0 radical (unpaired) electrons. The van der Waals surface area contributed by atoms with Gasteiger partial charge in [-0.15, -0.1) is 0 Å². The number of aromatic nitrogens is 3. The number of carbonyl (C=O) groups is 2. The molecule has 15 heteroatoms. The van der Waals surface area contributed by atoms with Crippen molar-refractivity contribution in [2.75, 3.05) is 56.6 Å². The number of carboxylic acids is 1. The molecule has 46 heavy (non-hydrogen) atoms. The smallest absolute Gasteiger partial charge is 0.419 e. The van der Waals surface area contributed by atoms with Crippen molar-refractivity contribution in [1.82, 2.24) is 24.8 Å². The lowest BCUT2D eigenvalue weighted by Crippen LogP contribution is -2.47. The Morgan fingerprint density at radius 3 is 2.57 bits per heavy atom. The van der Waals surface area contributed by atoms with Crippen molar-refractivity contribution in [3.05, 3.63) is 46.7 Å². The van der Waals surface area contributed by atoms with Gasteiger partial charge in [-0.2, -0.15) is 13.2 Å². The third-order valence-electron chi connectivity index (χ3n) is 8.45. The van der Waals surface area contributed by atoms with Gasteiger partial charge in [-0.25, -0.2) is 15.0 Å². The Morgan fingerprint density at radius 1 is 1.13 bits per heavy atom. The highest BCUT2D eigenvalue weighted by Crippen LogP contribution is 2.41. The quantitative estimate of drug-likeness (QED) is 0.266. The molecule has 3 aromatic rings. The van der Waals surface area contributed by atoms with Gasteiger partial charge in [0.05, 0.1) is 30.8 Å². The van der Waals surface area contributed by atoms with Crippen molar-refractivity contribution >= 4 is 34.2 Å². The molecule has 2 N–H and O–H groups in total. The van der Waals surface area contributed by atoms with Crippen LogP contribution in [0.2, 0.25) is 0 Å². The number of amides is 1. The van der Waals surface area contributed by atoms with Crippen molar-refractivity contribution in [2.45, 2.75) is 57.8 Å². The number of anilines is 2. The number of halogens is 3. The lowest BCUT2D eigenvalue weighted by atomic mass is 10.1. The number of aliphatic carboxylic acids is 1. The Kier molecular flexibility index (Phi) is 10.7. The second kappa shape index (κ2) is 14.7. The number of rotatable bonds is 12. The molecule has 4 heterocycles. The molecule has 2 aliphatic heterocycles. The SMILES string of the molecule is CCC1CCCN1Cc1sc(NC(=O)c2cnc(N3CCN(CCCC(=O)O)CC3)cn2)nc1-c1ccc(OC)c(C(F)(F)F)c1. The van der Waals surface area contributed by atoms with E-state index in [2.05, 4.69) is 41.9 Å². The molecule has 1 amide bonds. The van der Waals surface area contributed by atoms with E-state index in [0.29, 0.717) is 49.2 Å². The predicted molar refractivity (Wildman–Crippen MR) is 168 cm³/mol. The fraction of sp³-hybridized carbons (Fsp3) is 0.516. The fourth-order valence-electron chi connectivity index (χ4n) is 5.98. The Labute approximate surface area is 269 Å². The molecule has 5 rings (SSSR count). The number of likely N-dealkylation sites (tertiary alicyclic amines) is 1. The van der Waals surface area contributed by atoms with Gasteiger partial charge in [0.25, 0.3) is 5.91 Å². The van der Waals surface area contributed by atoms with E-state index in [1.807, 2.05) is 0 Å². The van der Waals surface area contributed by atoms with Crippen LogP contribution in [-0.2, 0) is 17.5 Å². The number of carboxylic acid groups (broad SMARTS) is 1. The second-order valence-corrected chi connectivity index (χ2v) is 12.5.